The van der Waals surface area contributed by atoms with Crippen LogP contribution in [0.15, 0.2) is 84.9 Å². The van der Waals surface area contributed by atoms with E-state index < -0.39 is 0 Å². The predicted octanol–water partition coefficient (Wildman–Crippen LogP) is 10.7. The second kappa shape index (κ2) is 8.35. The third-order valence-corrected chi connectivity index (χ3v) is 11.0. The molecule has 2 unspecified atom stereocenters. The average molecular weight is 526 g/mol. The Morgan fingerprint density at radius 1 is 0.625 bits per heavy atom. The minimum atomic E-state index is 0.0165. The van der Waals surface area contributed by atoms with Crippen LogP contribution in [0.2, 0.25) is 0 Å². The molecule has 0 N–H and O–H groups in total. The van der Waals surface area contributed by atoms with Crippen LogP contribution < -0.4 is 4.90 Å². The summed E-state index contributed by atoms with van der Waals surface area (Å²) in [4.78, 5) is 2.69. The highest BCUT2D eigenvalue weighted by molar-refractivity contribution is 5.85. The van der Waals surface area contributed by atoms with Crippen LogP contribution in [0.3, 0.4) is 0 Å². The number of fused-ring (bicyclic) bond motifs is 6. The first-order valence-electron chi connectivity index (χ1n) is 15.3. The highest BCUT2D eigenvalue weighted by Gasteiger charge is 2.57. The summed E-state index contributed by atoms with van der Waals surface area (Å²) in [6.07, 6.45) is 5.06. The van der Waals surface area contributed by atoms with Gasteiger partial charge in [-0.15, -0.1) is 0 Å². The van der Waals surface area contributed by atoms with Gasteiger partial charge in [-0.1, -0.05) is 109 Å². The first-order chi connectivity index (χ1) is 18.9. The van der Waals surface area contributed by atoms with Crippen molar-refractivity contribution in [1.82, 2.24) is 0 Å². The van der Waals surface area contributed by atoms with Gasteiger partial charge in [0.05, 0.1) is 5.54 Å². The van der Waals surface area contributed by atoms with Gasteiger partial charge in [0.25, 0.3) is 0 Å². The molecule has 2 atom stereocenters. The van der Waals surface area contributed by atoms with Crippen LogP contribution >= 0.6 is 0 Å². The minimum Gasteiger partial charge on any atom is -0.334 e. The standard InChI is InChI=1S/C39H43N/c1-36(2,3)28-16-18-29(19-17-28)40-35-21-15-27(25-34(35)38(6)22-10-11-23-39(38,40)7)26-14-20-31-30-12-8-9-13-32(30)37(4,5)33(31)24-26/h8-9,12-21,24-25H,10-11,22-23H2,1-7H3. The molecule has 0 spiro atoms. The fourth-order valence-corrected chi connectivity index (χ4v) is 8.31. The lowest BCUT2D eigenvalue weighted by atomic mass is 9.61. The molecule has 40 heavy (non-hydrogen) atoms. The summed E-state index contributed by atoms with van der Waals surface area (Å²) in [5, 5.41) is 0. The van der Waals surface area contributed by atoms with E-state index >= 15 is 0 Å². The summed E-state index contributed by atoms with van der Waals surface area (Å²) in [5.41, 5.74) is 14.3. The molecule has 0 radical (unpaired) electrons. The molecule has 0 saturated heterocycles. The number of hydrogen-bond donors (Lipinski definition) is 0. The molecule has 1 nitrogen and oxygen atoms in total. The maximum atomic E-state index is 2.69. The van der Waals surface area contributed by atoms with E-state index in [0.29, 0.717) is 0 Å². The lowest BCUT2D eigenvalue weighted by Gasteiger charge is -2.50. The van der Waals surface area contributed by atoms with Crippen LogP contribution in [0.25, 0.3) is 22.3 Å². The van der Waals surface area contributed by atoms with Gasteiger partial charge in [-0.3, -0.25) is 0 Å². The summed E-state index contributed by atoms with van der Waals surface area (Å²) < 4.78 is 0. The number of nitrogens with zero attached hydrogens (tertiary/aromatic N) is 1. The molecular formula is C39H43N. The molecule has 1 heterocycles. The van der Waals surface area contributed by atoms with Gasteiger partial charge >= 0.3 is 0 Å². The molecule has 0 amide bonds. The van der Waals surface area contributed by atoms with Gasteiger partial charge in [0, 0.05) is 22.2 Å². The highest BCUT2D eigenvalue weighted by Crippen LogP contribution is 2.61. The van der Waals surface area contributed by atoms with Crippen LogP contribution in [0.1, 0.15) is 96.4 Å². The van der Waals surface area contributed by atoms with Crippen molar-refractivity contribution >= 4 is 11.4 Å². The Kier molecular flexibility index (Phi) is 5.35. The largest absolute Gasteiger partial charge is 0.334 e. The van der Waals surface area contributed by atoms with E-state index in [1.165, 1.54) is 81.6 Å². The summed E-state index contributed by atoms with van der Waals surface area (Å²) in [7, 11) is 0. The molecule has 0 bridgehead atoms. The van der Waals surface area contributed by atoms with Gasteiger partial charge in [-0.05, 0) is 100 Å². The Hall–Kier alpha value is -3.32. The van der Waals surface area contributed by atoms with E-state index in [-0.39, 0.29) is 21.8 Å². The van der Waals surface area contributed by atoms with Crippen molar-refractivity contribution in [3.63, 3.8) is 0 Å². The van der Waals surface area contributed by atoms with Crippen molar-refractivity contribution in [2.45, 2.75) is 95.9 Å². The van der Waals surface area contributed by atoms with Gasteiger partial charge in [0.1, 0.15) is 0 Å². The fraction of sp³-hybridized carbons (Fsp3) is 0.385. The van der Waals surface area contributed by atoms with Crippen LogP contribution in [0.4, 0.5) is 11.4 Å². The molecule has 204 valence electrons. The molecule has 4 aromatic carbocycles. The summed E-state index contributed by atoms with van der Waals surface area (Å²) in [5.74, 6) is 0. The zero-order valence-electron chi connectivity index (χ0n) is 25.4. The van der Waals surface area contributed by atoms with E-state index in [4.69, 9.17) is 0 Å². The molecule has 0 aromatic heterocycles. The summed E-state index contributed by atoms with van der Waals surface area (Å²) in [6.45, 7) is 16.7. The Morgan fingerprint density at radius 2 is 1.25 bits per heavy atom. The summed E-state index contributed by atoms with van der Waals surface area (Å²) in [6, 6.07) is 32.9. The second-order valence-corrected chi connectivity index (χ2v) is 14.6. The van der Waals surface area contributed by atoms with E-state index in [9.17, 15) is 0 Å². The molecule has 1 saturated carbocycles. The minimum absolute atomic E-state index is 0.0165. The first kappa shape index (κ1) is 25.6. The lowest BCUT2D eigenvalue weighted by molar-refractivity contribution is 0.195. The highest BCUT2D eigenvalue weighted by atomic mass is 15.3. The van der Waals surface area contributed by atoms with Gasteiger partial charge in [0.2, 0.25) is 0 Å². The van der Waals surface area contributed by atoms with Crippen molar-refractivity contribution < 1.29 is 0 Å². The van der Waals surface area contributed by atoms with Crippen molar-refractivity contribution in [3.8, 4) is 22.3 Å². The fourth-order valence-electron chi connectivity index (χ4n) is 8.31. The summed E-state index contributed by atoms with van der Waals surface area (Å²) >= 11 is 0. The normalized spacial score (nSPS) is 24.3. The molecule has 7 rings (SSSR count). The van der Waals surface area contributed by atoms with Crippen LogP contribution in [-0.4, -0.2) is 5.54 Å². The van der Waals surface area contributed by atoms with E-state index in [2.05, 4.69) is 138 Å². The first-order valence-corrected chi connectivity index (χ1v) is 15.3. The van der Waals surface area contributed by atoms with Crippen LogP contribution in [0, 0.1) is 0 Å². The number of hydrogen-bond acceptors (Lipinski definition) is 1. The maximum Gasteiger partial charge on any atom is 0.0517 e. The number of anilines is 2. The SMILES string of the molecule is CC(C)(C)c1ccc(N2c3ccc(-c4ccc5c(c4)C(C)(C)c4ccccc4-5)cc3C3(C)CCCCC23C)cc1. The average Bonchev–Trinajstić information content (AvgIpc) is 3.29. The Morgan fingerprint density at radius 3 is 1.98 bits per heavy atom. The lowest BCUT2D eigenvalue weighted by Crippen LogP contribution is -2.54. The Labute approximate surface area is 241 Å². The van der Waals surface area contributed by atoms with E-state index in [0.717, 1.165) is 0 Å². The van der Waals surface area contributed by atoms with Gasteiger partial charge < -0.3 is 4.90 Å². The van der Waals surface area contributed by atoms with Crippen LogP contribution in [-0.2, 0) is 16.2 Å². The van der Waals surface area contributed by atoms with Crippen molar-refractivity contribution in [1.29, 1.82) is 0 Å². The topological polar surface area (TPSA) is 3.24 Å². The molecular weight excluding hydrogens is 482 g/mol. The smallest absolute Gasteiger partial charge is 0.0517 e. The number of rotatable bonds is 2. The van der Waals surface area contributed by atoms with Crippen molar-refractivity contribution in [2.75, 3.05) is 4.90 Å². The third kappa shape index (κ3) is 3.39. The van der Waals surface area contributed by atoms with Crippen molar-refractivity contribution in [3.05, 3.63) is 107 Å². The molecule has 1 aliphatic heterocycles. The van der Waals surface area contributed by atoms with E-state index in [1.54, 1.807) is 0 Å². The second-order valence-electron chi connectivity index (χ2n) is 14.6. The van der Waals surface area contributed by atoms with Gasteiger partial charge in [-0.2, -0.15) is 0 Å². The monoisotopic (exact) mass is 525 g/mol. The number of benzene rings is 4. The molecule has 1 heteroatoms. The van der Waals surface area contributed by atoms with E-state index in [1.807, 2.05) is 0 Å². The Bertz CT molecular complexity index is 1630. The molecule has 3 aliphatic rings. The van der Waals surface area contributed by atoms with Crippen molar-refractivity contribution in [2.24, 2.45) is 0 Å². The van der Waals surface area contributed by atoms with Crippen LogP contribution in [0.5, 0.6) is 0 Å². The molecule has 1 fully saturated rings. The molecule has 4 aromatic rings. The zero-order chi connectivity index (χ0) is 28.1. The van der Waals surface area contributed by atoms with Gasteiger partial charge in [-0.25, -0.2) is 0 Å². The van der Waals surface area contributed by atoms with Gasteiger partial charge in [0.15, 0.2) is 0 Å². The predicted molar refractivity (Wildman–Crippen MR) is 171 cm³/mol. The third-order valence-electron chi connectivity index (χ3n) is 11.0. The Balaban J connectivity index is 1.35. The maximum absolute atomic E-state index is 2.69. The molecule has 2 aliphatic carbocycles. The quantitative estimate of drug-likeness (QED) is 0.251. The zero-order valence-corrected chi connectivity index (χ0v) is 25.4.